The fourth-order valence-electron chi connectivity index (χ4n) is 3.40. The van der Waals surface area contributed by atoms with Crippen molar-refractivity contribution in [2.45, 2.75) is 26.3 Å². The summed E-state index contributed by atoms with van der Waals surface area (Å²) in [6.07, 6.45) is 7.20. The summed E-state index contributed by atoms with van der Waals surface area (Å²) >= 11 is 1.56. The number of halogens is 1. The Morgan fingerprint density at radius 2 is 2.00 bits per heavy atom. The molecular formula is C23H25ClN4O2S. The van der Waals surface area contributed by atoms with Crippen LogP contribution in [-0.4, -0.2) is 34.1 Å². The van der Waals surface area contributed by atoms with Crippen molar-refractivity contribution in [2.24, 2.45) is 0 Å². The number of nitrogens with zero attached hydrogens (tertiary/aromatic N) is 4. The standard InChI is InChI=1S/C23H24N4O2S.ClH/c1-3-17-6-4-7-20-21(17)25-23(30-20)27(14-5-13-26-15-12-24-16-26)22(28)18-8-10-19(29-2)11-9-18;/h4,6-12,15-16H,3,5,13-14H2,1-2H3;1H. The lowest BCUT2D eigenvalue weighted by Gasteiger charge is -2.20. The Labute approximate surface area is 191 Å². The van der Waals surface area contributed by atoms with Crippen molar-refractivity contribution < 1.29 is 9.53 Å². The van der Waals surface area contributed by atoms with Crippen LogP contribution in [0.2, 0.25) is 0 Å². The Kier molecular flexibility index (Phi) is 7.65. The zero-order chi connectivity index (χ0) is 20.9. The number of amides is 1. The van der Waals surface area contributed by atoms with E-state index in [1.54, 1.807) is 48.0 Å². The number of methoxy groups -OCH3 is 1. The summed E-state index contributed by atoms with van der Waals surface area (Å²) in [7, 11) is 1.62. The molecule has 2 aromatic carbocycles. The molecule has 0 fully saturated rings. The van der Waals surface area contributed by atoms with Crippen LogP contribution in [0.4, 0.5) is 5.13 Å². The predicted octanol–water partition coefficient (Wildman–Crippen LogP) is 5.22. The van der Waals surface area contributed by atoms with Crippen LogP contribution >= 0.6 is 23.7 Å². The van der Waals surface area contributed by atoms with Crippen LogP contribution in [-0.2, 0) is 13.0 Å². The second-order valence-electron chi connectivity index (χ2n) is 6.95. The van der Waals surface area contributed by atoms with Crippen molar-refractivity contribution >= 4 is 45.0 Å². The van der Waals surface area contributed by atoms with Crippen molar-refractivity contribution in [2.75, 3.05) is 18.6 Å². The molecule has 31 heavy (non-hydrogen) atoms. The van der Waals surface area contributed by atoms with Gasteiger partial charge in [0, 0.05) is 31.0 Å². The number of para-hydroxylation sites is 1. The number of ether oxygens (including phenoxy) is 1. The highest BCUT2D eigenvalue weighted by Gasteiger charge is 2.22. The van der Waals surface area contributed by atoms with Gasteiger partial charge in [0.25, 0.3) is 5.91 Å². The lowest BCUT2D eigenvalue weighted by Crippen LogP contribution is -2.32. The molecule has 1 amide bonds. The number of fused-ring (bicyclic) bond motifs is 1. The lowest BCUT2D eigenvalue weighted by molar-refractivity contribution is 0.0986. The van der Waals surface area contributed by atoms with Crippen molar-refractivity contribution in [3.8, 4) is 5.75 Å². The number of benzene rings is 2. The fourth-order valence-corrected chi connectivity index (χ4v) is 4.44. The van der Waals surface area contributed by atoms with Crippen LogP contribution in [0.3, 0.4) is 0 Å². The van der Waals surface area contributed by atoms with Gasteiger partial charge in [-0.15, -0.1) is 12.4 Å². The third-order valence-corrected chi connectivity index (χ3v) is 6.09. The Morgan fingerprint density at radius 1 is 1.19 bits per heavy atom. The molecule has 0 saturated heterocycles. The molecule has 8 heteroatoms. The molecule has 0 aliphatic rings. The molecule has 4 aromatic rings. The van der Waals surface area contributed by atoms with E-state index in [4.69, 9.17) is 9.72 Å². The highest BCUT2D eigenvalue weighted by Crippen LogP contribution is 2.32. The SMILES string of the molecule is CCc1cccc2sc(N(CCCn3ccnc3)C(=O)c3ccc(OC)cc3)nc12.Cl. The van der Waals surface area contributed by atoms with Gasteiger partial charge in [-0.3, -0.25) is 9.69 Å². The van der Waals surface area contributed by atoms with Crippen LogP contribution in [0.1, 0.15) is 29.3 Å². The molecular weight excluding hydrogens is 432 g/mol. The molecule has 2 heterocycles. The van der Waals surface area contributed by atoms with Crippen molar-refractivity contribution in [1.82, 2.24) is 14.5 Å². The average Bonchev–Trinajstić information content (AvgIpc) is 3.46. The van der Waals surface area contributed by atoms with E-state index in [1.165, 1.54) is 5.56 Å². The normalized spacial score (nSPS) is 10.6. The third-order valence-electron chi connectivity index (χ3n) is 5.04. The summed E-state index contributed by atoms with van der Waals surface area (Å²) < 4.78 is 8.34. The molecule has 0 aliphatic heterocycles. The Bertz CT molecular complexity index is 1130. The molecule has 0 atom stereocenters. The molecule has 0 bridgehead atoms. The molecule has 0 aliphatic carbocycles. The first-order valence-corrected chi connectivity index (χ1v) is 10.8. The number of thiazole rings is 1. The van der Waals surface area contributed by atoms with Gasteiger partial charge in [-0.1, -0.05) is 30.4 Å². The molecule has 0 unspecified atom stereocenters. The summed E-state index contributed by atoms with van der Waals surface area (Å²) in [5, 5.41) is 0.734. The molecule has 0 N–H and O–H groups in total. The van der Waals surface area contributed by atoms with Crippen molar-refractivity contribution in [3.05, 3.63) is 72.3 Å². The van der Waals surface area contributed by atoms with E-state index in [0.717, 1.165) is 40.5 Å². The smallest absolute Gasteiger partial charge is 0.260 e. The maximum absolute atomic E-state index is 13.4. The maximum Gasteiger partial charge on any atom is 0.260 e. The minimum atomic E-state index is -0.0552. The Hall–Kier alpha value is -2.90. The zero-order valence-corrected chi connectivity index (χ0v) is 19.2. The summed E-state index contributed by atoms with van der Waals surface area (Å²) in [6, 6.07) is 13.4. The Balaban J connectivity index is 0.00000272. The van der Waals surface area contributed by atoms with E-state index in [-0.39, 0.29) is 18.3 Å². The number of carbonyl (C=O) groups excluding carboxylic acids is 1. The van der Waals surface area contributed by atoms with Gasteiger partial charge in [-0.05, 0) is 48.7 Å². The van der Waals surface area contributed by atoms with Gasteiger partial charge in [0.1, 0.15) is 5.75 Å². The molecule has 0 radical (unpaired) electrons. The first-order valence-electron chi connectivity index (χ1n) is 9.99. The summed E-state index contributed by atoms with van der Waals surface area (Å²) in [5.41, 5.74) is 2.81. The highest BCUT2D eigenvalue weighted by molar-refractivity contribution is 7.22. The first-order chi connectivity index (χ1) is 14.7. The van der Waals surface area contributed by atoms with Crippen molar-refractivity contribution in [3.63, 3.8) is 0 Å². The van der Waals surface area contributed by atoms with E-state index < -0.39 is 0 Å². The van der Waals surface area contributed by atoms with Crippen LogP contribution < -0.4 is 9.64 Å². The van der Waals surface area contributed by atoms with Crippen LogP contribution in [0, 0.1) is 0 Å². The van der Waals surface area contributed by atoms with Gasteiger partial charge in [-0.2, -0.15) is 0 Å². The number of rotatable bonds is 8. The van der Waals surface area contributed by atoms with Gasteiger partial charge < -0.3 is 9.30 Å². The van der Waals surface area contributed by atoms with Gasteiger partial charge in [0.15, 0.2) is 5.13 Å². The van der Waals surface area contributed by atoms with Gasteiger partial charge in [-0.25, -0.2) is 9.97 Å². The largest absolute Gasteiger partial charge is 0.497 e. The summed E-state index contributed by atoms with van der Waals surface area (Å²) in [6.45, 7) is 3.49. The topological polar surface area (TPSA) is 60.2 Å². The molecule has 4 rings (SSSR count). The number of hydrogen-bond donors (Lipinski definition) is 0. The number of imidazole rings is 1. The summed E-state index contributed by atoms with van der Waals surface area (Å²) in [4.78, 5) is 24.1. The van der Waals surface area contributed by atoms with E-state index in [0.29, 0.717) is 12.1 Å². The second kappa shape index (κ2) is 10.4. The van der Waals surface area contributed by atoms with Crippen LogP contribution in [0.5, 0.6) is 5.75 Å². The number of hydrogen-bond acceptors (Lipinski definition) is 5. The Morgan fingerprint density at radius 3 is 2.68 bits per heavy atom. The maximum atomic E-state index is 13.4. The van der Waals surface area contributed by atoms with E-state index in [1.807, 2.05) is 22.9 Å². The zero-order valence-electron chi connectivity index (χ0n) is 17.5. The number of anilines is 1. The highest BCUT2D eigenvalue weighted by atomic mass is 35.5. The number of aromatic nitrogens is 3. The number of carbonyl (C=O) groups is 1. The monoisotopic (exact) mass is 456 g/mol. The van der Waals surface area contributed by atoms with E-state index >= 15 is 0 Å². The lowest BCUT2D eigenvalue weighted by atomic mass is 10.1. The predicted molar refractivity (Wildman–Crippen MR) is 128 cm³/mol. The third kappa shape index (κ3) is 5.06. The summed E-state index contributed by atoms with van der Waals surface area (Å²) in [5.74, 6) is 0.672. The minimum Gasteiger partial charge on any atom is -0.497 e. The van der Waals surface area contributed by atoms with Gasteiger partial charge >= 0.3 is 0 Å². The van der Waals surface area contributed by atoms with E-state index in [9.17, 15) is 4.79 Å². The van der Waals surface area contributed by atoms with Crippen LogP contribution in [0.25, 0.3) is 10.2 Å². The fraction of sp³-hybridized carbons (Fsp3) is 0.261. The number of aryl methyl sites for hydroxylation is 2. The van der Waals surface area contributed by atoms with Gasteiger partial charge in [0.05, 0.1) is 23.7 Å². The first kappa shape index (κ1) is 22.8. The molecule has 6 nitrogen and oxygen atoms in total. The van der Waals surface area contributed by atoms with E-state index in [2.05, 4.69) is 30.1 Å². The average molecular weight is 457 g/mol. The molecule has 2 aromatic heterocycles. The molecule has 0 spiro atoms. The molecule has 0 saturated carbocycles. The minimum absolute atomic E-state index is 0. The molecule has 162 valence electrons. The van der Waals surface area contributed by atoms with Crippen LogP contribution in [0.15, 0.2) is 61.2 Å². The second-order valence-corrected chi connectivity index (χ2v) is 7.96. The quantitative estimate of drug-likeness (QED) is 0.364. The van der Waals surface area contributed by atoms with Gasteiger partial charge in [0.2, 0.25) is 0 Å². The van der Waals surface area contributed by atoms with Crippen molar-refractivity contribution in [1.29, 1.82) is 0 Å².